The van der Waals surface area contributed by atoms with Crippen LogP contribution in [0.25, 0.3) is 0 Å². The summed E-state index contributed by atoms with van der Waals surface area (Å²) in [6.07, 6.45) is 0.618. The lowest BCUT2D eigenvalue weighted by Gasteiger charge is -2.28. The van der Waals surface area contributed by atoms with Crippen LogP contribution in [0.5, 0.6) is 0 Å². The fraction of sp³-hybridized carbons (Fsp3) is 0.211. The van der Waals surface area contributed by atoms with Crippen LogP contribution in [0.3, 0.4) is 0 Å². The van der Waals surface area contributed by atoms with E-state index in [0.717, 1.165) is 12.0 Å². The maximum absolute atomic E-state index is 12.3. The second-order valence-electron chi connectivity index (χ2n) is 5.75. The average molecular weight is 319 g/mol. The van der Waals surface area contributed by atoms with Crippen molar-refractivity contribution < 1.29 is 9.59 Å². The van der Waals surface area contributed by atoms with E-state index in [-0.39, 0.29) is 18.2 Å². The van der Waals surface area contributed by atoms with Gasteiger partial charge in [-0.05, 0) is 35.7 Å². The molecule has 0 saturated carbocycles. The molecular weight excluding hydrogens is 302 g/mol. The van der Waals surface area contributed by atoms with Gasteiger partial charge in [0.15, 0.2) is 0 Å². The molecule has 2 aromatic rings. The molecule has 0 radical (unpaired) electrons. The van der Waals surface area contributed by atoms with Gasteiger partial charge in [-0.3, -0.25) is 9.59 Å². The zero-order valence-corrected chi connectivity index (χ0v) is 13.2. The second-order valence-corrected chi connectivity index (χ2v) is 5.75. The Morgan fingerprint density at radius 2 is 1.92 bits per heavy atom. The van der Waals surface area contributed by atoms with E-state index in [1.165, 1.54) is 5.56 Å². The van der Waals surface area contributed by atoms with Gasteiger partial charge in [0, 0.05) is 18.8 Å². The number of benzene rings is 2. The van der Waals surface area contributed by atoms with Gasteiger partial charge in [0.2, 0.25) is 11.8 Å². The molecule has 5 nitrogen and oxygen atoms in total. The lowest BCUT2D eigenvalue weighted by molar-refractivity contribution is -0.135. The number of hydrogen-bond acceptors (Lipinski definition) is 3. The van der Waals surface area contributed by atoms with E-state index in [1.54, 1.807) is 29.2 Å². The van der Waals surface area contributed by atoms with Crippen molar-refractivity contribution in [3.63, 3.8) is 0 Å². The maximum atomic E-state index is 12.3. The van der Waals surface area contributed by atoms with Gasteiger partial charge in [0.25, 0.3) is 0 Å². The molecule has 1 N–H and O–H groups in total. The molecular formula is C19H17N3O2. The minimum absolute atomic E-state index is 0.182. The number of carbonyl (C=O) groups is 2. The number of nitrogens with zero attached hydrogens (tertiary/aromatic N) is 2. The summed E-state index contributed by atoms with van der Waals surface area (Å²) in [5, 5.41) is 11.5. The fourth-order valence-corrected chi connectivity index (χ4v) is 2.83. The molecule has 5 heteroatoms. The van der Waals surface area contributed by atoms with Gasteiger partial charge in [-0.15, -0.1) is 0 Å². The van der Waals surface area contributed by atoms with Crippen molar-refractivity contribution in [2.45, 2.75) is 19.4 Å². The summed E-state index contributed by atoms with van der Waals surface area (Å²) in [5.74, 6) is -0.549. The molecule has 0 saturated heterocycles. The first kappa shape index (κ1) is 15.8. The summed E-state index contributed by atoms with van der Waals surface area (Å²) in [7, 11) is 0. The van der Waals surface area contributed by atoms with Gasteiger partial charge < -0.3 is 10.2 Å². The summed E-state index contributed by atoms with van der Waals surface area (Å²) in [4.78, 5) is 26.1. The zero-order chi connectivity index (χ0) is 16.9. The number of nitriles is 1. The monoisotopic (exact) mass is 319 g/mol. The van der Waals surface area contributed by atoms with Crippen molar-refractivity contribution >= 4 is 17.5 Å². The van der Waals surface area contributed by atoms with Crippen LogP contribution >= 0.6 is 0 Å². The quantitative estimate of drug-likeness (QED) is 0.883. The van der Waals surface area contributed by atoms with Crippen LogP contribution in [0.1, 0.15) is 23.1 Å². The molecule has 0 aliphatic carbocycles. The van der Waals surface area contributed by atoms with Crippen LogP contribution in [-0.4, -0.2) is 23.3 Å². The van der Waals surface area contributed by atoms with E-state index in [2.05, 4.69) is 11.4 Å². The van der Waals surface area contributed by atoms with Crippen molar-refractivity contribution in [3.8, 4) is 6.07 Å². The molecule has 3 rings (SSSR count). The topological polar surface area (TPSA) is 73.2 Å². The van der Waals surface area contributed by atoms with Crippen LogP contribution in [0.2, 0.25) is 0 Å². The fourth-order valence-electron chi connectivity index (χ4n) is 2.83. The van der Waals surface area contributed by atoms with Crippen LogP contribution in [0, 0.1) is 11.3 Å². The maximum Gasteiger partial charge on any atom is 0.233 e. The van der Waals surface area contributed by atoms with Crippen molar-refractivity contribution in [1.82, 2.24) is 4.90 Å². The lowest BCUT2D eigenvalue weighted by Crippen LogP contribution is -2.37. The van der Waals surface area contributed by atoms with E-state index in [1.807, 2.05) is 24.3 Å². The molecule has 0 spiro atoms. The summed E-state index contributed by atoms with van der Waals surface area (Å²) in [6, 6.07) is 16.7. The average Bonchev–Trinajstić information content (AvgIpc) is 2.61. The van der Waals surface area contributed by atoms with Crippen LogP contribution in [0.15, 0.2) is 48.5 Å². The molecule has 2 aromatic carbocycles. The minimum atomic E-state index is -0.367. The highest BCUT2D eigenvalue weighted by molar-refractivity contribution is 6.03. The van der Waals surface area contributed by atoms with Gasteiger partial charge in [0.1, 0.15) is 6.42 Å². The minimum Gasteiger partial charge on any atom is -0.338 e. The molecule has 0 fully saturated rings. The van der Waals surface area contributed by atoms with E-state index in [0.29, 0.717) is 24.3 Å². The van der Waals surface area contributed by atoms with E-state index < -0.39 is 0 Å². The third-order valence-electron chi connectivity index (χ3n) is 4.07. The summed E-state index contributed by atoms with van der Waals surface area (Å²) in [6.45, 7) is 1.18. The Kier molecular flexibility index (Phi) is 4.57. The molecule has 120 valence electrons. The standard InChI is InChI=1S/C19H17N3O2/c20-12-14-4-3-7-17(10-14)21-18(23)11-19(24)22-9-8-15-5-1-2-6-16(15)13-22/h1-7,10H,8-9,11,13H2,(H,21,23). The summed E-state index contributed by atoms with van der Waals surface area (Å²) < 4.78 is 0. The molecule has 0 atom stereocenters. The Morgan fingerprint density at radius 1 is 1.12 bits per heavy atom. The first-order valence-corrected chi connectivity index (χ1v) is 7.80. The number of anilines is 1. The molecule has 0 aromatic heterocycles. The van der Waals surface area contributed by atoms with Crippen LogP contribution < -0.4 is 5.32 Å². The van der Waals surface area contributed by atoms with E-state index in [4.69, 9.17) is 5.26 Å². The highest BCUT2D eigenvalue weighted by Gasteiger charge is 2.22. The summed E-state index contributed by atoms with van der Waals surface area (Å²) in [5.41, 5.74) is 3.39. The Morgan fingerprint density at radius 3 is 2.71 bits per heavy atom. The Hall–Kier alpha value is -3.13. The van der Waals surface area contributed by atoms with Gasteiger partial charge in [-0.2, -0.15) is 5.26 Å². The first-order chi connectivity index (χ1) is 11.7. The number of carbonyl (C=O) groups excluding carboxylic acids is 2. The third kappa shape index (κ3) is 3.61. The Labute approximate surface area is 140 Å². The SMILES string of the molecule is N#Cc1cccc(NC(=O)CC(=O)N2CCc3ccccc3C2)c1. The van der Waals surface area contributed by atoms with E-state index in [9.17, 15) is 9.59 Å². The third-order valence-corrected chi connectivity index (χ3v) is 4.07. The van der Waals surface area contributed by atoms with E-state index >= 15 is 0 Å². The molecule has 0 bridgehead atoms. The van der Waals surface area contributed by atoms with Crippen molar-refractivity contribution in [2.24, 2.45) is 0 Å². The first-order valence-electron chi connectivity index (χ1n) is 7.80. The lowest BCUT2D eigenvalue weighted by atomic mass is 10.00. The molecule has 24 heavy (non-hydrogen) atoms. The normalized spacial score (nSPS) is 12.9. The van der Waals surface area contributed by atoms with Crippen molar-refractivity contribution in [3.05, 3.63) is 65.2 Å². The predicted molar refractivity (Wildman–Crippen MR) is 90.0 cm³/mol. The largest absolute Gasteiger partial charge is 0.338 e. The van der Waals surface area contributed by atoms with Gasteiger partial charge in [0.05, 0.1) is 11.6 Å². The zero-order valence-electron chi connectivity index (χ0n) is 13.2. The number of rotatable bonds is 3. The number of fused-ring (bicyclic) bond motifs is 1. The number of amides is 2. The summed E-state index contributed by atoms with van der Waals surface area (Å²) >= 11 is 0. The number of nitrogens with one attached hydrogen (secondary N) is 1. The molecule has 1 heterocycles. The van der Waals surface area contributed by atoms with Gasteiger partial charge in [-0.1, -0.05) is 30.3 Å². The second kappa shape index (κ2) is 6.97. The molecule has 1 aliphatic rings. The highest BCUT2D eigenvalue weighted by Crippen LogP contribution is 2.19. The van der Waals surface area contributed by atoms with Crippen LogP contribution in [-0.2, 0) is 22.6 Å². The molecule has 0 unspecified atom stereocenters. The smallest absolute Gasteiger partial charge is 0.233 e. The molecule has 2 amide bonds. The Balaban J connectivity index is 1.59. The molecule has 1 aliphatic heterocycles. The van der Waals surface area contributed by atoms with Gasteiger partial charge >= 0.3 is 0 Å². The Bertz CT molecular complexity index is 823. The van der Waals surface area contributed by atoms with Crippen molar-refractivity contribution in [1.29, 1.82) is 5.26 Å². The van der Waals surface area contributed by atoms with Crippen molar-refractivity contribution in [2.75, 3.05) is 11.9 Å². The van der Waals surface area contributed by atoms with Crippen LogP contribution in [0.4, 0.5) is 5.69 Å². The number of hydrogen-bond donors (Lipinski definition) is 1. The highest BCUT2D eigenvalue weighted by atomic mass is 16.2. The predicted octanol–water partition coefficient (Wildman–Crippen LogP) is 2.47. The van der Waals surface area contributed by atoms with Gasteiger partial charge in [-0.25, -0.2) is 0 Å².